The lowest BCUT2D eigenvalue weighted by Gasteiger charge is -2.06. The largest absolute Gasteiger partial charge is 0.478 e. The van der Waals surface area contributed by atoms with Crippen molar-refractivity contribution >= 4 is 17.6 Å². The fraction of sp³-hybridized carbons (Fsp3) is 0. The zero-order valence-corrected chi connectivity index (χ0v) is 9.88. The van der Waals surface area contributed by atoms with E-state index in [1.807, 2.05) is 0 Å². The molecule has 0 spiro atoms. The molecule has 3 N–H and O–H groups in total. The highest BCUT2D eigenvalue weighted by molar-refractivity contribution is 6.03. The van der Waals surface area contributed by atoms with Crippen LogP contribution in [0.1, 0.15) is 20.8 Å². The van der Waals surface area contributed by atoms with Crippen molar-refractivity contribution in [3.05, 3.63) is 57.8 Å². The molecule has 1 aromatic carbocycles. The lowest BCUT2D eigenvalue weighted by atomic mass is 10.2. The first-order chi connectivity index (χ1) is 9.47. The van der Waals surface area contributed by atoms with E-state index in [2.05, 4.69) is 15.5 Å². The molecule has 0 atom stereocenters. The second kappa shape index (κ2) is 5.31. The van der Waals surface area contributed by atoms with Crippen molar-refractivity contribution in [2.75, 3.05) is 5.32 Å². The number of halogens is 1. The lowest BCUT2D eigenvalue weighted by molar-refractivity contribution is 0.0696. The molecule has 20 heavy (non-hydrogen) atoms. The summed E-state index contributed by atoms with van der Waals surface area (Å²) in [6.45, 7) is 0. The Morgan fingerprint density at radius 1 is 1.25 bits per heavy atom. The number of carboxylic acid groups (broad SMARTS) is 1. The van der Waals surface area contributed by atoms with Gasteiger partial charge in [-0.3, -0.25) is 9.59 Å². The first-order valence-corrected chi connectivity index (χ1v) is 5.37. The van der Waals surface area contributed by atoms with Gasteiger partial charge in [-0.1, -0.05) is 0 Å². The van der Waals surface area contributed by atoms with Gasteiger partial charge in [-0.05, 0) is 24.3 Å². The number of amides is 1. The number of aromatic amines is 1. The smallest absolute Gasteiger partial charge is 0.335 e. The van der Waals surface area contributed by atoms with Crippen LogP contribution in [0.15, 0.2) is 35.1 Å². The van der Waals surface area contributed by atoms with Gasteiger partial charge < -0.3 is 10.4 Å². The van der Waals surface area contributed by atoms with E-state index in [9.17, 15) is 18.8 Å². The minimum Gasteiger partial charge on any atom is -0.478 e. The van der Waals surface area contributed by atoms with Gasteiger partial charge in [0.15, 0.2) is 0 Å². The fourth-order valence-electron chi connectivity index (χ4n) is 1.41. The summed E-state index contributed by atoms with van der Waals surface area (Å²) >= 11 is 0. The van der Waals surface area contributed by atoms with Gasteiger partial charge in [-0.25, -0.2) is 14.3 Å². The highest BCUT2D eigenvalue weighted by Gasteiger charge is 2.13. The number of carbonyl (C=O) groups excluding carboxylic acids is 1. The Hall–Kier alpha value is -3.03. The van der Waals surface area contributed by atoms with Crippen LogP contribution in [0.4, 0.5) is 10.1 Å². The number of nitrogens with one attached hydrogen (secondary N) is 2. The van der Waals surface area contributed by atoms with Gasteiger partial charge in [0, 0.05) is 6.07 Å². The van der Waals surface area contributed by atoms with Crippen molar-refractivity contribution < 1.29 is 19.1 Å². The van der Waals surface area contributed by atoms with Crippen molar-refractivity contribution in [3.8, 4) is 0 Å². The SMILES string of the molecule is O=C(O)c1ccc(NC(=O)c2ccc(=O)[nH]n2)c(F)c1. The molecule has 8 heteroatoms. The summed E-state index contributed by atoms with van der Waals surface area (Å²) in [6, 6.07) is 5.35. The van der Waals surface area contributed by atoms with Crippen molar-refractivity contribution in [3.63, 3.8) is 0 Å². The Morgan fingerprint density at radius 2 is 2.00 bits per heavy atom. The summed E-state index contributed by atoms with van der Waals surface area (Å²) < 4.78 is 13.6. The van der Waals surface area contributed by atoms with Crippen molar-refractivity contribution in [2.45, 2.75) is 0 Å². The lowest BCUT2D eigenvalue weighted by Crippen LogP contribution is -2.18. The molecular formula is C12H8FN3O4. The van der Waals surface area contributed by atoms with Crippen LogP contribution in [0.5, 0.6) is 0 Å². The van der Waals surface area contributed by atoms with Crippen LogP contribution < -0.4 is 10.9 Å². The summed E-state index contributed by atoms with van der Waals surface area (Å²) in [7, 11) is 0. The normalized spacial score (nSPS) is 10.1. The molecule has 7 nitrogen and oxygen atoms in total. The Labute approximate surface area is 111 Å². The zero-order chi connectivity index (χ0) is 14.7. The van der Waals surface area contributed by atoms with E-state index >= 15 is 0 Å². The Morgan fingerprint density at radius 3 is 2.55 bits per heavy atom. The molecule has 0 aliphatic heterocycles. The number of rotatable bonds is 3. The van der Waals surface area contributed by atoms with Gasteiger partial charge >= 0.3 is 5.97 Å². The molecule has 0 unspecified atom stereocenters. The highest BCUT2D eigenvalue weighted by atomic mass is 19.1. The number of hydrogen-bond donors (Lipinski definition) is 3. The third-order valence-electron chi connectivity index (χ3n) is 2.38. The van der Waals surface area contributed by atoms with Crippen LogP contribution in [-0.4, -0.2) is 27.2 Å². The van der Waals surface area contributed by atoms with E-state index in [0.29, 0.717) is 0 Å². The summed E-state index contributed by atoms with van der Waals surface area (Å²) in [6.07, 6.45) is 0. The number of aromatic nitrogens is 2. The van der Waals surface area contributed by atoms with Gasteiger partial charge in [-0.15, -0.1) is 0 Å². The monoisotopic (exact) mass is 277 g/mol. The summed E-state index contributed by atoms with van der Waals surface area (Å²) in [5.74, 6) is -2.89. The first-order valence-electron chi connectivity index (χ1n) is 5.37. The third kappa shape index (κ3) is 2.86. The van der Waals surface area contributed by atoms with Crippen LogP contribution in [0, 0.1) is 5.82 Å². The maximum Gasteiger partial charge on any atom is 0.335 e. The average molecular weight is 277 g/mol. The predicted octanol–water partition coefficient (Wildman–Crippen LogP) is 0.859. The molecule has 0 bridgehead atoms. The molecule has 102 valence electrons. The second-order valence-corrected chi connectivity index (χ2v) is 3.76. The van der Waals surface area contributed by atoms with E-state index in [4.69, 9.17) is 5.11 Å². The Balaban J connectivity index is 2.21. The number of hydrogen-bond acceptors (Lipinski definition) is 4. The molecule has 0 aliphatic carbocycles. The standard InChI is InChI=1S/C12H8FN3O4/c13-7-5-6(12(19)20)1-2-8(7)14-11(18)9-3-4-10(17)16-15-9/h1-5H,(H,14,18)(H,16,17)(H,19,20). The average Bonchev–Trinajstić information content (AvgIpc) is 2.41. The number of H-pyrrole nitrogens is 1. The molecule has 0 aliphatic rings. The van der Waals surface area contributed by atoms with E-state index in [-0.39, 0.29) is 16.9 Å². The van der Waals surface area contributed by atoms with Gasteiger partial charge in [-0.2, -0.15) is 5.10 Å². The molecular weight excluding hydrogens is 269 g/mol. The van der Waals surface area contributed by atoms with Gasteiger partial charge in [0.25, 0.3) is 11.5 Å². The van der Waals surface area contributed by atoms with Gasteiger partial charge in [0.05, 0.1) is 11.3 Å². The summed E-state index contributed by atoms with van der Waals surface area (Å²) in [4.78, 5) is 33.2. The van der Waals surface area contributed by atoms with E-state index in [0.717, 1.165) is 24.3 Å². The minimum atomic E-state index is -1.27. The predicted molar refractivity (Wildman–Crippen MR) is 66.2 cm³/mol. The van der Waals surface area contributed by atoms with Crippen molar-refractivity contribution in [2.24, 2.45) is 0 Å². The third-order valence-corrected chi connectivity index (χ3v) is 2.38. The molecule has 2 rings (SSSR count). The van der Waals surface area contributed by atoms with E-state index < -0.39 is 23.3 Å². The van der Waals surface area contributed by atoms with Gasteiger partial charge in [0.1, 0.15) is 11.5 Å². The molecule has 0 saturated carbocycles. The summed E-state index contributed by atoms with van der Waals surface area (Å²) in [5, 5.41) is 16.5. The van der Waals surface area contributed by atoms with E-state index in [1.165, 1.54) is 6.07 Å². The molecule has 0 fully saturated rings. The van der Waals surface area contributed by atoms with E-state index in [1.54, 1.807) is 0 Å². The quantitative estimate of drug-likeness (QED) is 0.770. The first kappa shape index (κ1) is 13.4. The number of carboxylic acids is 1. The summed E-state index contributed by atoms with van der Waals surface area (Å²) in [5.41, 5.74) is -1.000. The number of benzene rings is 1. The number of aromatic carboxylic acids is 1. The molecule has 1 heterocycles. The van der Waals surface area contributed by atoms with Crippen LogP contribution in [-0.2, 0) is 0 Å². The highest BCUT2D eigenvalue weighted by Crippen LogP contribution is 2.16. The van der Waals surface area contributed by atoms with Crippen LogP contribution in [0.2, 0.25) is 0 Å². The molecule has 2 aromatic rings. The maximum atomic E-state index is 13.6. The number of carbonyl (C=O) groups is 2. The minimum absolute atomic E-state index is 0.105. The molecule has 0 saturated heterocycles. The van der Waals surface area contributed by atoms with Gasteiger partial charge in [0.2, 0.25) is 0 Å². The molecule has 1 aromatic heterocycles. The van der Waals surface area contributed by atoms with Crippen molar-refractivity contribution in [1.29, 1.82) is 0 Å². The topological polar surface area (TPSA) is 112 Å². The van der Waals surface area contributed by atoms with Crippen LogP contribution in [0.25, 0.3) is 0 Å². The van der Waals surface area contributed by atoms with Crippen LogP contribution >= 0.6 is 0 Å². The second-order valence-electron chi connectivity index (χ2n) is 3.76. The van der Waals surface area contributed by atoms with Crippen LogP contribution in [0.3, 0.4) is 0 Å². The molecule has 1 amide bonds. The number of nitrogens with zero attached hydrogens (tertiary/aromatic N) is 1. The van der Waals surface area contributed by atoms with Crippen molar-refractivity contribution in [1.82, 2.24) is 10.2 Å². The molecule has 0 radical (unpaired) electrons. The number of anilines is 1. The fourth-order valence-corrected chi connectivity index (χ4v) is 1.41. The maximum absolute atomic E-state index is 13.6. The zero-order valence-electron chi connectivity index (χ0n) is 9.88. The Kier molecular flexibility index (Phi) is 3.56. The Bertz CT molecular complexity index is 721.